The van der Waals surface area contributed by atoms with Crippen LogP contribution in [0.25, 0.3) is 11.0 Å². The van der Waals surface area contributed by atoms with Crippen LogP contribution in [-0.2, 0) is 0 Å². The van der Waals surface area contributed by atoms with Crippen LogP contribution in [0.15, 0.2) is 57.7 Å². The van der Waals surface area contributed by atoms with E-state index in [1.807, 2.05) is 6.92 Å². The van der Waals surface area contributed by atoms with Gasteiger partial charge >= 0.3 is 5.63 Å². The van der Waals surface area contributed by atoms with Crippen molar-refractivity contribution in [3.05, 3.63) is 64.5 Å². The third-order valence-electron chi connectivity index (χ3n) is 3.63. The minimum Gasteiger partial charge on any atom is -0.495 e. The molecular formula is C19H17NO5. The minimum atomic E-state index is -0.605. The second-order valence-electron chi connectivity index (χ2n) is 5.22. The van der Waals surface area contributed by atoms with E-state index in [1.165, 1.54) is 13.2 Å². The molecule has 1 heterocycles. The van der Waals surface area contributed by atoms with Gasteiger partial charge in [0.15, 0.2) is 0 Å². The predicted molar refractivity (Wildman–Crippen MR) is 94.6 cm³/mol. The number of hydrogen-bond acceptors (Lipinski definition) is 5. The molecular weight excluding hydrogens is 322 g/mol. The number of carbonyl (C=O) groups is 1. The van der Waals surface area contributed by atoms with Crippen molar-refractivity contribution in [1.82, 2.24) is 0 Å². The van der Waals surface area contributed by atoms with Gasteiger partial charge in [-0.3, -0.25) is 4.79 Å². The van der Waals surface area contributed by atoms with E-state index in [2.05, 4.69) is 5.32 Å². The SMILES string of the molecule is CCOc1ccc2c(C(=O)Nc3ccccc3OC)cc(=O)oc2c1. The van der Waals surface area contributed by atoms with Gasteiger partial charge < -0.3 is 19.2 Å². The number of hydrogen-bond donors (Lipinski definition) is 1. The van der Waals surface area contributed by atoms with Gasteiger partial charge in [-0.15, -0.1) is 0 Å². The third kappa shape index (κ3) is 3.47. The Hall–Kier alpha value is -3.28. The highest BCUT2D eigenvalue weighted by Gasteiger charge is 2.15. The molecule has 128 valence electrons. The number of benzene rings is 2. The number of ether oxygens (including phenoxy) is 2. The van der Waals surface area contributed by atoms with Crippen molar-refractivity contribution in [2.45, 2.75) is 6.92 Å². The minimum absolute atomic E-state index is 0.222. The molecule has 6 heteroatoms. The predicted octanol–water partition coefficient (Wildman–Crippen LogP) is 3.45. The first-order chi connectivity index (χ1) is 12.1. The summed E-state index contributed by atoms with van der Waals surface area (Å²) in [7, 11) is 1.52. The Balaban J connectivity index is 2.02. The van der Waals surface area contributed by atoms with Gasteiger partial charge in [0.05, 0.1) is 25.0 Å². The molecule has 0 radical (unpaired) electrons. The van der Waals surface area contributed by atoms with E-state index in [0.717, 1.165) is 0 Å². The normalized spacial score (nSPS) is 10.5. The van der Waals surface area contributed by atoms with E-state index in [1.54, 1.807) is 42.5 Å². The molecule has 1 amide bonds. The van der Waals surface area contributed by atoms with Crippen molar-refractivity contribution in [3.63, 3.8) is 0 Å². The molecule has 0 spiro atoms. The molecule has 0 fully saturated rings. The third-order valence-corrected chi connectivity index (χ3v) is 3.63. The van der Waals surface area contributed by atoms with Gasteiger partial charge in [-0.25, -0.2) is 4.79 Å². The number of anilines is 1. The first-order valence-corrected chi connectivity index (χ1v) is 7.77. The zero-order chi connectivity index (χ0) is 17.8. The maximum absolute atomic E-state index is 12.7. The Bertz CT molecular complexity index is 977. The van der Waals surface area contributed by atoms with Crippen LogP contribution in [0.3, 0.4) is 0 Å². The molecule has 3 aromatic rings. The molecule has 0 saturated carbocycles. The summed E-state index contributed by atoms with van der Waals surface area (Å²) in [6, 6.07) is 13.2. The Morgan fingerprint density at radius 3 is 2.72 bits per heavy atom. The number of carbonyl (C=O) groups excluding carboxylic acids is 1. The Morgan fingerprint density at radius 1 is 1.16 bits per heavy atom. The van der Waals surface area contributed by atoms with Gasteiger partial charge in [0.1, 0.15) is 17.1 Å². The van der Waals surface area contributed by atoms with E-state index < -0.39 is 11.5 Å². The molecule has 0 unspecified atom stereocenters. The molecule has 1 aromatic heterocycles. The lowest BCUT2D eigenvalue weighted by atomic mass is 10.1. The van der Waals surface area contributed by atoms with Crippen LogP contribution in [0, 0.1) is 0 Å². The molecule has 0 aliphatic rings. The molecule has 1 N–H and O–H groups in total. The highest BCUT2D eigenvalue weighted by molar-refractivity contribution is 6.12. The second kappa shape index (κ2) is 7.09. The number of fused-ring (bicyclic) bond motifs is 1. The zero-order valence-electron chi connectivity index (χ0n) is 13.9. The molecule has 0 atom stereocenters. The van der Waals surface area contributed by atoms with E-state index in [0.29, 0.717) is 34.8 Å². The van der Waals surface area contributed by atoms with Crippen molar-refractivity contribution in [2.75, 3.05) is 19.0 Å². The standard InChI is InChI=1S/C19H17NO5/c1-3-24-12-8-9-13-14(11-18(21)25-17(13)10-12)19(22)20-15-6-4-5-7-16(15)23-2/h4-11H,3H2,1-2H3,(H,20,22). The van der Waals surface area contributed by atoms with Crippen LogP contribution in [0.5, 0.6) is 11.5 Å². The molecule has 2 aromatic carbocycles. The highest BCUT2D eigenvalue weighted by Crippen LogP contribution is 2.26. The van der Waals surface area contributed by atoms with Gasteiger partial charge in [0.25, 0.3) is 5.91 Å². The fourth-order valence-corrected chi connectivity index (χ4v) is 2.52. The first-order valence-electron chi connectivity index (χ1n) is 7.77. The van der Waals surface area contributed by atoms with Gasteiger partial charge in [-0.1, -0.05) is 12.1 Å². The van der Waals surface area contributed by atoms with Gasteiger partial charge in [-0.05, 0) is 31.2 Å². The van der Waals surface area contributed by atoms with E-state index in [9.17, 15) is 9.59 Å². The summed E-state index contributed by atoms with van der Waals surface area (Å²) in [5.74, 6) is 0.675. The zero-order valence-corrected chi connectivity index (χ0v) is 13.9. The van der Waals surface area contributed by atoms with Crippen LogP contribution in [-0.4, -0.2) is 19.6 Å². The smallest absolute Gasteiger partial charge is 0.337 e. The lowest BCUT2D eigenvalue weighted by Crippen LogP contribution is -2.15. The monoisotopic (exact) mass is 339 g/mol. The van der Waals surface area contributed by atoms with Crippen LogP contribution < -0.4 is 20.4 Å². The van der Waals surface area contributed by atoms with Crippen LogP contribution >= 0.6 is 0 Å². The molecule has 3 rings (SSSR count). The average Bonchev–Trinajstić information content (AvgIpc) is 2.61. The van der Waals surface area contributed by atoms with E-state index in [-0.39, 0.29) is 5.56 Å². The number of para-hydroxylation sites is 2. The summed E-state index contributed by atoms with van der Waals surface area (Å²) in [5, 5.41) is 3.28. The summed E-state index contributed by atoms with van der Waals surface area (Å²) < 4.78 is 15.8. The summed E-state index contributed by atoms with van der Waals surface area (Å²) in [4.78, 5) is 24.5. The maximum Gasteiger partial charge on any atom is 0.337 e. The van der Waals surface area contributed by atoms with Crippen molar-refractivity contribution in [3.8, 4) is 11.5 Å². The Morgan fingerprint density at radius 2 is 1.96 bits per heavy atom. The van der Waals surface area contributed by atoms with Crippen molar-refractivity contribution < 1.29 is 18.7 Å². The van der Waals surface area contributed by atoms with Crippen LogP contribution in [0.1, 0.15) is 17.3 Å². The number of methoxy groups -OCH3 is 1. The Kier molecular flexibility index (Phi) is 4.70. The second-order valence-corrected chi connectivity index (χ2v) is 5.22. The maximum atomic E-state index is 12.7. The Labute approximate surface area is 144 Å². The van der Waals surface area contributed by atoms with E-state index in [4.69, 9.17) is 13.9 Å². The van der Waals surface area contributed by atoms with Crippen molar-refractivity contribution in [2.24, 2.45) is 0 Å². The summed E-state index contributed by atoms with van der Waals surface area (Å²) in [6.07, 6.45) is 0. The molecule has 6 nitrogen and oxygen atoms in total. The fourth-order valence-electron chi connectivity index (χ4n) is 2.52. The fraction of sp³-hybridized carbons (Fsp3) is 0.158. The van der Waals surface area contributed by atoms with E-state index >= 15 is 0 Å². The molecule has 0 bridgehead atoms. The lowest BCUT2D eigenvalue weighted by molar-refractivity contribution is 0.102. The van der Waals surface area contributed by atoms with Gasteiger partial charge in [0, 0.05) is 17.5 Å². The summed E-state index contributed by atoms with van der Waals surface area (Å²) >= 11 is 0. The van der Waals surface area contributed by atoms with Crippen molar-refractivity contribution in [1.29, 1.82) is 0 Å². The average molecular weight is 339 g/mol. The van der Waals surface area contributed by atoms with Gasteiger partial charge in [-0.2, -0.15) is 0 Å². The van der Waals surface area contributed by atoms with Crippen molar-refractivity contribution >= 4 is 22.6 Å². The molecule has 0 aliphatic heterocycles. The number of nitrogens with one attached hydrogen (secondary N) is 1. The number of amides is 1. The summed E-state index contributed by atoms with van der Waals surface area (Å²) in [5.41, 5.74) is 0.428. The largest absolute Gasteiger partial charge is 0.495 e. The van der Waals surface area contributed by atoms with Crippen LogP contribution in [0.2, 0.25) is 0 Å². The summed E-state index contributed by atoms with van der Waals surface area (Å²) in [6.45, 7) is 2.35. The molecule has 25 heavy (non-hydrogen) atoms. The molecule has 0 aliphatic carbocycles. The topological polar surface area (TPSA) is 77.8 Å². The lowest BCUT2D eigenvalue weighted by Gasteiger charge is -2.11. The molecule has 0 saturated heterocycles. The van der Waals surface area contributed by atoms with Crippen LogP contribution in [0.4, 0.5) is 5.69 Å². The highest BCUT2D eigenvalue weighted by atomic mass is 16.5. The van der Waals surface area contributed by atoms with Gasteiger partial charge in [0.2, 0.25) is 0 Å². The quantitative estimate of drug-likeness (QED) is 0.720. The first kappa shape index (κ1) is 16.6. The number of rotatable bonds is 5.